The van der Waals surface area contributed by atoms with E-state index in [9.17, 15) is 28.3 Å². The number of rotatable bonds is 12. The van der Waals surface area contributed by atoms with Crippen molar-refractivity contribution in [1.82, 2.24) is 9.80 Å². The van der Waals surface area contributed by atoms with Gasteiger partial charge in [0.05, 0.1) is 5.56 Å². The van der Waals surface area contributed by atoms with Gasteiger partial charge >= 0.3 is 28.8 Å². The van der Waals surface area contributed by atoms with E-state index in [-0.39, 0.29) is 25.2 Å². The Morgan fingerprint density at radius 1 is 0.724 bits per heavy atom. The molecule has 1 rings (SSSR count). The molecule has 0 radical (unpaired) electrons. The molecule has 0 aliphatic rings. The first-order chi connectivity index (χ1) is 13.0. The summed E-state index contributed by atoms with van der Waals surface area (Å²) in [6.45, 7) is -0.500. The minimum absolute atomic E-state index is 0.0183. The molecule has 0 heterocycles. The summed E-state index contributed by atoms with van der Waals surface area (Å²) in [7, 11) is -13.8. The first-order valence-electron chi connectivity index (χ1n) is 7.95. The van der Waals surface area contributed by atoms with Crippen molar-refractivity contribution in [1.29, 1.82) is 0 Å². The number of carboxylic acids is 1. The second-order valence-electron chi connectivity index (χ2n) is 6.37. The van der Waals surface area contributed by atoms with E-state index >= 15 is 0 Å². The predicted octanol–water partition coefficient (Wildman–Crippen LogP) is -0.106. The predicted molar refractivity (Wildman–Crippen MR) is 101 cm³/mol. The van der Waals surface area contributed by atoms with Crippen molar-refractivity contribution in [3.8, 4) is 0 Å². The van der Waals surface area contributed by atoms with E-state index in [2.05, 4.69) is 0 Å². The van der Waals surface area contributed by atoms with E-state index in [1.165, 1.54) is 29.2 Å². The van der Waals surface area contributed by atoms with Crippen LogP contribution in [-0.2, 0) is 20.2 Å². The van der Waals surface area contributed by atoms with Gasteiger partial charge in [-0.15, -0.1) is 0 Å². The summed E-state index contributed by atoms with van der Waals surface area (Å²) in [5, 5.41) is 8.90. The van der Waals surface area contributed by atoms with Crippen LogP contribution >= 0.6 is 22.8 Å². The van der Waals surface area contributed by atoms with Gasteiger partial charge in [-0.05, 0) is 17.7 Å². The molecule has 0 atom stereocenters. The molecular formula is C13H23N2O11P3. The molecule has 0 amide bonds. The minimum atomic E-state index is -4.64. The standard InChI is InChI=1S/C13H23N2O11P3/c16-13(17)12-3-1-11(2-4-12)7-14(8-27(18,19)20)5-6-15(9-28(21,22)23)10-29(24,25)26/h1-4H,5-10H2,(H,16,17)(H2,18,19,20)(H2,21,22,23)(H2,24,25,26). The summed E-state index contributed by atoms with van der Waals surface area (Å²) >= 11 is 0. The average molecular weight is 476 g/mol. The lowest BCUT2D eigenvalue weighted by molar-refractivity contribution is 0.0696. The molecule has 0 saturated heterocycles. The fraction of sp³-hybridized carbons (Fsp3) is 0.462. The molecule has 0 spiro atoms. The molecule has 0 aliphatic carbocycles. The molecule has 7 N–H and O–H groups in total. The Balaban J connectivity index is 2.92. The summed E-state index contributed by atoms with van der Waals surface area (Å²) in [5.74, 6) is -1.14. The number of carbonyl (C=O) groups is 1. The molecule has 16 heteroatoms. The molecule has 0 aliphatic heterocycles. The highest BCUT2D eigenvalue weighted by molar-refractivity contribution is 7.52. The molecule has 0 bridgehead atoms. The first-order valence-corrected chi connectivity index (χ1v) is 13.3. The number of carboxylic acid groups (broad SMARTS) is 1. The molecule has 13 nitrogen and oxygen atoms in total. The van der Waals surface area contributed by atoms with E-state index in [0.29, 0.717) is 5.56 Å². The fourth-order valence-corrected chi connectivity index (χ4v) is 4.91. The Kier molecular flexibility index (Phi) is 9.35. The van der Waals surface area contributed by atoms with Crippen LogP contribution in [0.1, 0.15) is 15.9 Å². The van der Waals surface area contributed by atoms with Gasteiger partial charge in [0.25, 0.3) is 0 Å². The van der Waals surface area contributed by atoms with Gasteiger partial charge in [-0.25, -0.2) is 4.79 Å². The molecule has 0 unspecified atom stereocenters. The molecular weight excluding hydrogens is 453 g/mol. The maximum Gasteiger partial charge on any atom is 0.339 e. The zero-order valence-electron chi connectivity index (χ0n) is 15.1. The third-order valence-corrected chi connectivity index (χ3v) is 5.80. The second kappa shape index (κ2) is 10.4. The highest BCUT2D eigenvalue weighted by Crippen LogP contribution is 2.41. The van der Waals surface area contributed by atoms with Crippen molar-refractivity contribution in [3.05, 3.63) is 35.4 Å². The van der Waals surface area contributed by atoms with Crippen LogP contribution in [0.2, 0.25) is 0 Å². The van der Waals surface area contributed by atoms with E-state index in [1.54, 1.807) is 0 Å². The monoisotopic (exact) mass is 476 g/mol. The van der Waals surface area contributed by atoms with Crippen LogP contribution in [0.4, 0.5) is 0 Å². The van der Waals surface area contributed by atoms with E-state index in [1.807, 2.05) is 0 Å². The number of nitrogens with zero attached hydrogens (tertiary/aromatic N) is 2. The van der Waals surface area contributed by atoms with Gasteiger partial charge < -0.3 is 34.5 Å². The number of hydrogen-bond acceptors (Lipinski definition) is 6. The topological polar surface area (TPSA) is 216 Å². The molecule has 0 saturated carbocycles. The Morgan fingerprint density at radius 2 is 1.10 bits per heavy atom. The van der Waals surface area contributed by atoms with Gasteiger partial charge in [0.1, 0.15) is 18.9 Å². The quantitative estimate of drug-likeness (QED) is 0.196. The van der Waals surface area contributed by atoms with E-state index in [4.69, 9.17) is 24.7 Å². The summed E-state index contributed by atoms with van der Waals surface area (Å²) in [6, 6.07) is 5.50. The summed E-state index contributed by atoms with van der Waals surface area (Å²) in [6.07, 6.45) is -2.59. The highest BCUT2D eigenvalue weighted by Gasteiger charge is 2.27. The van der Waals surface area contributed by atoms with Gasteiger partial charge in [0.15, 0.2) is 0 Å². The zero-order chi connectivity index (χ0) is 22.5. The lowest BCUT2D eigenvalue weighted by Crippen LogP contribution is -2.36. The van der Waals surface area contributed by atoms with Crippen LogP contribution in [0.15, 0.2) is 24.3 Å². The summed E-state index contributed by atoms with van der Waals surface area (Å²) in [5.41, 5.74) is 0.532. The minimum Gasteiger partial charge on any atom is -0.478 e. The van der Waals surface area contributed by atoms with Crippen LogP contribution in [0, 0.1) is 0 Å². The van der Waals surface area contributed by atoms with Crippen molar-refractivity contribution in [2.24, 2.45) is 0 Å². The molecule has 29 heavy (non-hydrogen) atoms. The van der Waals surface area contributed by atoms with Gasteiger partial charge in [0.2, 0.25) is 0 Å². The SMILES string of the molecule is O=C(O)c1ccc(CN(CCN(CP(=O)(O)O)CP(=O)(O)O)CP(=O)(O)O)cc1. The van der Waals surface area contributed by atoms with Crippen molar-refractivity contribution in [2.45, 2.75) is 6.54 Å². The molecule has 1 aromatic carbocycles. The third kappa shape index (κ3) is 12.4. The van der Waals surface area contributed by atoms with E-state index < -0.39 is 47.6 Å². The van der Waals surface area contributed by atoms with Gasteiger partial charge in [-0.1, -0.05) is 12.1 Å². The summed E-state index contributed by atoms with van der Waals surface area (Å²) < 4.78 is 33.8. The maximum absolute atomic E-state index is 11.4. The summed E-state index contributed by atoms with van der Waals surface area (Å²) in [4.78, 5) is 67.7. The van der Waals surface area contributed by atoms with Crippen LogP contribution in [0.3, 0.4) is 0 Å². The van der Waals surface area contributed by atoms with Crippen molar-refractivity contribution < 1.29 is 53.0 Å². The number of hydrogen-bond donors (Lipinski definition) is 7. The Morgan fingerprint density at radius 3 is 1.48 bits per heavy atom. The van der Waals surface area contributed by atoms with Gasteiger partial charge in [-0.2, -0.15) is 0 Å². The van der Waals surface area contributed by atoms with Crippen LogP contribution < -0.4 is 0 Å². The first kappa shape index (κ1) is 26.1. The maximum atomic E-state index is 11.4. The average Bonchev–Trinajstić information content (AvgIpc) is 2.48. The molecule has 166 valence electrons. The lowest BCUT2D eigenvalue weighted by atomic mass is 10.1. The number of aromatic carboxylic acids is 1. The van der Waals surface area contributed by atoms with Crippen molar-refractivity contribution >= 4 is 28.8 Å². The largest absolute Gasteiger partial charge is 0.478 e. The van der Waals surface area contributed by atoms with Crippen LogP contribution in [0.5, 0.6) is 0 Å². The van der Waals surface area contributed by atoms with E-state index in [0.717, 1.165) is 4.90 Å². The Bertz CT molecular complexity index is 805. The number of benzene rings is 1. The molecule has 0 fully saturated rings. The smallest absolute Gasteiger partial charge is 0.339 e. The van der Waals surface area contributed by atoms with Crippen LogP contribution in [-0.4, -0.2) is 82.2 Å². The lowest BCUT2D eigenvalue weighted by Gasteiger charge is -2.28. The highest BCUT2D eigenvalue weighted by atomic mass is 31.2. The molecule has 0 aromatic heterocycles. The normalized spacial score (nSPS) is 13.2. The Labute approximate surface area is 166 Å². The second-order valence-corrected chi connectivity index (χ2v) is 11.2. The van der Waals surface area contributed by atoms with Gasteiger partial charge in [-0.3, -0.25) is 23.5 Å². The van der Waals surface area contributed by atoms with Crippen molar-refractivity contribution in [3.63, 3.8) is 0 Å². The third-order valence-electron chi connectivity index (χ3n) is 3.49. The fourth-order valence-electron chi connectivity index (χ4n) is 2.46. The van der Waals surface area contributed by atoms with Gasteiger partial charge in [0, 0.05) is 19.6 Å². The zero-order valence-corrected chi connectivity index (χ0v) is 17.7. The molecule has 1 aromatic rings. The Hall–Kier alpha value is -0.940. The van der Waals surface area contributed by atoms with Crippen molar-refractivity contribution in [2.75, 3.05) is 31.9 Å². The van der Waals surface area contributed by atoms with Crippen LogP contribution in [0.25, 0.3) is 0 Å².